The Labute approximate surface area is 99.7 Å². The fraction of sp³-hybridized carbons (Fsp3) is 0.333. The third-order valence-electron chi connectivity index (χ3n) is 2.53. The second-order valence-electron chi connectivity index (χ2n) is 3.97. The first kappa shape index (κ1) is 11.4. The van der Waals surface area contributed by atoms with Crippen LogP contribution in [0.1, 0.15) is 12.0 Å². The van der Waals surface area contributed by atoms with Crippen molar-refractivity contribution >= 4 is 11.9 Å². The van der Waals surface area contributed by atoms with Gasteiger partial charge in [-0.2, -0.15) is 0 Å². The minimum absolute atomic E-state index is 0.157. The van der Waals surface area contributed by atoms with Crippen LogP contribution in [0.5, 0.6) is 5.75 Å². The van der Waals surface area contributed by atoms with E-state index >= 15 is 0 Å². The number of rotatable bonds is 4. The summed E-state index contributed by atoms with van der Waals surface area (Å²) in [6, 6.07) is 7.35. The molecule has 0 bridgehead atoms. The number of hydrogen-bond donors (Lipinski definition) is 2. The average molecular weight is 233 g/mol. The molecule has 5 nitrogen and oxygen atoms in total. The van der Waals surface area contributed by atoms with Gasteiger partial charge in [0.1, 0.15) is 11.8 Å². The smallest absolute Gasteiger partial charge is 0.251 e. The predicted molar refractivity (Wildman–Crippen MR) is 64.8 cm³/mol. The minimum atomic E-state index is -0.416. The summed E-state index contributed by atoms with van der Waals surface area (Å²) in [6.45, 7) is 2.46. The minimum Gasteiger partial charge on any atom is -0.494 e. The zero-order valence-electron chi connectivity index (χ0n) is 9.64. The number of carbonyl (C=O) groups excluding carboxylic acids is 1. The van der Waals surface area contributed by atoms with Crippen LogP contribution in [0.4, 0.5) is 0 Å². The molecule has 0 radical (unpaired) electrons. The number of aryl methyl sites for hydroxylation is 1. The topological polar surface area (TPSA) is 76.7 Å². The number of benzene rings is 1. The number of nitrogens with one attached hydrogen (secondary N) is 1. The van der Waals surface area contributed by atoms with Gasteiger partial charge in [0.2, 0.25) is 0 Å². The molecule has 1 unspecified atom stereocenters. The largest absolute Gasteiger partial charge is 0.494 e. The van der Waals surface area contributed by atoms with Crippen LogP contribution in [0.15, 0.2) is 29.3 Å². The van der Waals surface area contributed by atoms with Crippen LogP contribution >= 0.6 is 0 Å². The van der Waals surface area contributed by atoms with E-state index < -0.39 is 6.04 Å². The highest BCUT2D eigenvalue weighted by Gasteiger charge is 2.24. The number of amides is 1. The summed E-state index contributed by atoms with van der Waals surface area (Å²) in [6.07, 6.45) is 0.528. The third-order valence-corrected chi connectivity index (χ3v) is 2.53. The zero-order valence-corrected chi connectivity index (χ0v) is 9.64. The lowest BCUT2D eigenvalue weighted by Gasteiger charge is -2.07. The molecule has 0 saturated carbocycles. The molecule has 0 fully saturated rings. The van der Waals surface area contributed by atoms with Gasteiger partial charge in [-0.25, -0.2) is 4.99 Å². The zero-order chi connectivity index (χ0) is 12.3. The molecule has 1 aromatic rings. The van der Waals surface area contributed by atoms with Crippen molar-refractivity contribution in [1.82, 2.24) is 5.32 Å². The van der Waals surface area contributed by atoms with Crippen molar-refractivity contribution in [2.75, 3.05) is 6.61 Å². The Hall–Kier alpha value is -2.04. The second-order valence-corrected chi connectivity index (χ2v) is 3.97. The van der Waals surface area contributed by atoms with Crippen molar-refractivity contribution in [3.05, 3.63) is 29.8 Å². The monoisotopic (exact) mass is 233 g/mol. The van der Waals surface area contributed by atoms with Crippen molar-refractivity contribution in [3.8, 4) is 5.75 Å². The number of ether oxygens (including phenoxy) is 1. The van der Waals surface area contributed by atoms with Crippen LogP contribution in [0, 0.1) is 6.92 Å². The quantitative estimate of drug-likeness (QED) is 0.798. The Bertz CT molecular complexity index is 440. The maximum Gasteiger partial charge on any atom is 0.251 e. The lowest BCUT2D eigenvalue weighted by molar-refractivity contribution is -0.120. The van der Waals surface area contributed by atoms with E-state index in [9.17, 15) is 4.79 Å². The number of nitrogens with two attached hydrogens (primary N) is 1. The highest BCUT2D eigenvalue weighted by Crippen LogP contribution is 2.12. The number of aliphatic imine (C=N–C) groups is 1. The Balaban J connectivity index is 1.80. The van der Waals surface area contributed by atoms with E-state index in [2.05, 4.69) is 10.3 Å². The SMILES string of the molecule is Cc1ccc(OCCC2N=C(N)NC2=O)cc1. The third kappa shape index (κ3) is 2.96. The van der Waals surface area contributed by atoms with Gasteiger partial charge in [0, 0.05) is 6.42 Å². The van der Waals surface area contributed by atoms with E-state index in [0.29, 0.717) is 13.0 Å². The summed E-state index contributed by atoms with van der Waals surface area (Å²) < 4.78 is 5.52. The van der Waals surface area contributed by atoms with Crippen LogP contribution in [0.3, 0.4) is 0 Å². The van der Waals surface area contributed by atoms with Gasteiger partial charge < -0.3 is 10.5 Å². The van der Waals surface area contributed by atoms with Crippen LogP contribution < -0.4 is 15.8 Å². The van der Waals surface area contributed by atoms with Crippen molar-refractivity contribution in [3.63, 3.8) is 0 Å². The summed E-state index contributed by atoms with van der Waals surface area (Å²) in [7, 11) is 0. The number of carbonyl (C=O) groups is 1. The van der Waals surface area contributed by atoms with Gasteiger partial charge in [0.05, 0.1) is 6.61 Å². The molecule has 1 aromatic carbocycles. The molecule has 1 atom stereocenters. The maximum absolute atomic E-state index is 11.3. The van der Waals surface area contributed by atoms with Gasteiger partial charge in [-0.05, 0) is 19.1 Å². The number of nitrogens with zero attached hydrogens (tertiary/aromatic N) is 1. The first-order valence-corrected chi connectivity index (χ1v) is 5.49. The highest BCUT2D eigenvalue weighted by molar-refractivity contribution is 6.04. The maximum atomic E-state index is 11.3. The molecule has 5 heteroatoms. The van der Waals surface area contributed by atoms with Crippen molar-refractivity contribution in [1.29, 1.82) is 0 Å². The molecule has 2 rings (SSSR count). The Morgan fingerprint density at radius 1 is 1.41 bits per heavy atom. The molecule has 3 N–H and O–H groups in total. The summed E-state index contributed by atoms with van der Waals surface area (Å²) in [5, 5.41) is 2.46. The van der Waals surface area contributed by atoms with Crippen LogP contribution in [-0.2, 0) is 4.79 Å². The summed E-state index contributed by atoms with van der Waals surface area (Å²) in [4.78, 5) is 15.3. The van der Waals surface area contributed by atoms with Gasteiger partial charge in [-0.3, -0.25) is 10.1 Å². The molecule has 1 amide bonds. The van der Waals surface area contributed by atoms with E-state index in [1.54, 1.807) is 0 Å². The molecule has 1 aliphatic heterocycles. The number of hydrogen-bond acceptors (Lipinski definition) is 4. The summed E-state index contributed by atoms with van der Waals surface area (Å²) >= 11 is 0. The highest BCUT2D eigenvalue weighted by atomic mass is 16.5. The molecule has 17 heavy (non-hydrogen) atoms. The molecule has 0 aliphatic carbocycles. The van der Waals surface area contributed by atoms with Gasteiger partial charge in [-0.15, -0.1) is 0 Å². The predicted octanol–water partition coefficient (Wildman–Crippen LogP) is 0.577. The Morgan fingerprint density at radius 3 is 2.71 bits per heavy atom. The molecule has 0 aromatic heterocycles. The molecular formula is C12H15N3O2. The molecule has 1 heterocycles. The van der Waals surface area contributed by atoms with Crippen molar-refractivity contribution in [2.24, 2.45) is 10.7 Å². The van der Waals surface area contributed by atoms with Crippen molar-refractivity contribution < 1.29 is 9.53 Å². The lowest BCUT2D eigenvalue weighted by atomic mass is 10.2. The van der Waals surface area contributed by atoms with E-state index in [4.69, 9.17) is 10.5 Å². The van der Waals surface area contributed by atoms with Crippen LogP contribution in [-0.4, -0.2) is 24.5 Å². The van der Waals surface area contributed by atoms with Gasteiger partial charge in [0.15, 0.2) is 5.96 Å². The molecule has 1 aliphatic rings. The second kappa shape index (κ2) is 4.86. The first-order valence-electron chi connectivity index (χ1n) is 5.49. The van der Waals surface area contributed by atoms with E-state index in [1.165, 1.54) is 5.56 Å². The normalized spacial score (nSPS) is 18.8. The fourth-order valence-electron chi connectivity index (χ4n) is 1.59. The first-order chi connectivity index (χ1) is 8.15. The average Bonchev–Trinajstić information content (AvgIpc) is 2.60. The van der Waals surface area contributed by atoms with Gasteiger partial charge >= 0.3 is 0 Å². The Kier molecular flexibility index (Phi) is 3.27. The molecule has 90 valence electrons. The van der Waals surface area contributed by atoms with E-state index in [-0.39, 0.29) is 11.9 Å². The van der Waals surface area contributed by atoms with Gasteiger partial charge in [0.25, 0.3) is 5.91 Å². The summed E-state index contributed by atoms with van der Waals surface area (Å²) in [5.74, 6) is 0.830. The molecule has 0 spiro atoms. The number of guanidine groups is 1. The van der Waals surface area contributed by atoms with E-state index in [0.717, 1.165) is 5.75 Å². The summed E-state index contributed by atoms with van der Waals surface area (Å²) in [5.41, 5.74) is 6.58. The standard InChI is InChI=1S/C12H15N3O2/c1-8-2-4-9(5-3-8)17-7-6-10-11(16)15-12(13)14-10/h2-5,10H,6-7H2,1H3,(H3,13,14,15,16). The molecular weight excluding hydrogens is 218 g/mol. The lowest BCUT2D eigenvalue weighted by Crippen LogP contribution is -2.33. The van der Waals surface area contributed by atoms with Crippen LogP contribution in [0.2, 0.25) is 0 Å². The molecule has 0 saturated heterocycles. The van der Waals surface area contributed by atoms with Gasteiger partial charge in [-0.1, -0.05) is 17.7 Å². The fourth-order valence-corrected chi connectivity index (χ4v) is 1.59. The van der Waals surface area contributed by atoms with E-state index in [1.807, 2.05) is 31.2 Å². The van der Waals surface area contributed by atoms with Crippen LogP contribution in [0.25, 0.3) is 0 Å². The Morgan fingerprint density at radius 2 is 2.12 bits per heavy atom. The van der Waals surface area contributed by atoms with Crippen molar-refractivity contribution in [2.45, 2.75) is 19.4 Å².